The molecule has 0 saturated carbocycles. The van der Waals surface area contributed by atoms with Gasteiger partial charge in [0.1, 0.15) is 34.1 Å². The first-order valence-corrected chi connectivity index (χ1v) is 12.2. The summed E-state index contributed by atoms with van der Waals surface area (Å²) in [6, 6.07) is -0.300. The van der Waals surface area contributed by atoms with Crippen LogP contribution in [0.1, 0.15) is 27.7 Å². The van der Waals surface area contributed by atoms with Gasteiger partial charge in [0, 0.05) is 26.3 Å². The minimum absolute atomic E-state index is 0.152. The van der Waals surface area contributed by atoms with E-state index in [9.17, 15) is 9.46 Å². The van der Waals surface area contributed by atoms with E-state index in [-0.39, 0.29) is 17.8 Å². The molecule has 1 fully saturated rings. The van der Waals surface area contributed by atoms with Crippen molar-refractivity contribution in [1.82, 2.24) is 4.67 Å². The van der Waals surface area contributed by atoms with Gasteiger partial charge in [-0.3, -0.25) is 9.24 Å². The molecule has 1 N–H and O–H groups in total. The van der Waals surface area contributed by atoms with E-state index >= 15 is 0 Å². The van der Waals surface area contributed by atoms with Crippen LogP contribution in [0.2, 0.25) is 0 Å². The van der Waals surface area contributed by atoms with Crippen molar-refractivity contribution >= 4 is 23.7 Å². The van der Waals surface area contributed by atoms with E-state index in [1.54, 1.807) is 7.11 Å². The lowest BCUT2D eigenvalue weighted by molar-refractivity contribution is -0.0280. The molecule has 8 nitrogen and oxygen atoms in total. The lowest BCUT2D eigenvalue weighted by atomic mass is 9.93. The Balaban J connectivity index is 3.10. The standard InChI is InChI=1S/C16H32BNO7P2/c1-11(2)18(12(3)4)26(7)25-14-13(10-27(19,20)22-6)24-16(17)15(14)23-9-8-21-5/h10-12,14-16H,8-9H2,1-7H3,(H,19,20)/b13-10-/t14-,15-,16-,26?/m1/s1. The third kappa shape index (κ3) is 7.41. The van der Waals surface area contributed by atoms with Gasteiger partial charge in [-0.05, 0) is 34.4 Å². The average Bonchev–Trinajstić information content (AvgIpc) is 2.82. The molecule has 1 aliphatic rings. The highest BCUT2D eigenvalue weighted by atomic mass is 31.2. The van der Waals surface area contributed by atoms with E-state index < -0.39 is 34.1 Å². The summed E-state index contributed by atoms with van der Waals surface area (Å²) in [5, 5.41) is 0. The van der Waals surface area contributed by atoms with Crippen molar-refractivity contribution in [2.75, 3.05) is 34.1 Å². The van der Waals surface area contributed by atoms with Gasteiger partial charge in [0.2, 0.25) is 0 Å². The molecule has 0 bridgehead atoms. The molecule has 1 rings (SSSR count). The molecule has 11 heteroatoms. The first kappa shape index (κ1) is 25.1. The van der Waals surface area contributed by atoms with Crippen LogP contribution >= 0.6 is 15.9 Å². The number of ether oxygens (including phenoxy) is 3. The van der Waals surface area contributed by atoms with Crippen LogP contribution in [0.25, 0.3) is 0 Å². The molecule has 0 amide bonds. The molecular formula is C16H32BNO7P2. The summed E-state index contributed by atoms with van der Waals surface area (Å²) >= 11 is 0. The fourth-order valence-electron chi connectivity index (χ4n) is 2.97. The van der Waals surface area contributed by atoms with Crippen molar-refractivity contribution in [3.63, 3.8) is 0 Å². The molecule has 0 aromatic carbocycles. The Hall–Kier alpha value is 0.0249. The van der Waals surface area contributed by atoms with Crippen LogP contribution in [0.4, 0.5) is 0 Å². The first-order valence-electron chi connectivity index (χ1n) is 8.86. The maximum absolute atomic E-state index is 12.0. The molecule has 0 aromatic heterocycles. The maximum Gasteiger partial charge on any atom is 0.354 e. The van der Waals surface area contributed by atoms with Crippen LogP contribution in [-0.2, 0) is 27.8 Å². The topological polar surface area (TPSA) is 86.7 Å². The van der Waals surface area contributed by atoms with Crippen molar-refractivity contribution in [3.8, 4) is 0 Å². The van der Waals surface area contributed by atoms with E-state index in [1.165, 1.54) is 0 Å². The van der Waals surface area contributed by atoms with Crippen molar-refractivity contribution in [2.45, 2.75) is 58.0 Å². The highest BCUT2D eigenvalue weighted by Crippen LogP contribution is 2.50. The Bertz CT molecular complexity index is 527. The zero-order valence-electron chi connectivity index (χ0n) is 17.2. The van der Waals surface area contributed by atoms with Gasteiger partial charge in [0.25, 0.3) is 0 Å². The molecule has 1 aliphatic heterocycles. The molecule has 0 spiro atoms. The molecule has 0 aromatic rings. The highest BCUT2D eigenvalue weighted by molar-refractivity contribution is 7.56. The monoisotopic (exact) mass is 423 g/mol. The summed E-state index contributed by atoms with van der Waals surface area (Å²) in [6.45, 7) is 11.0. The minimum Gasteiger partial charge on any atom is -0.499 e. The van der Waals surface area contributed by atoms with Crippen LogP contribution in [0, 0.1) is 0 Å². The molecule has 27 heavy (non-hydrogen) atoms. The van der Waals surface area contributed by atoms with E-state index in [0.717, 1.165) is 12.9 Å². The SMILES string of the molecule is [B][C@@H]1O/C(=C\P(=O)(O)OC)[C@@H](OP(C)N(C(C)C)C(C)C)[C@H]1OCCOC. The zero-order chi connectivity index (χ0) is 20.8. The van der Waals surface area contributed by atoms with Crippen LogP contribution in [0.15, 0.2) is 11.6 Å². The second-order valence-electron chi connectivity index (χ2n) is 6.75. The zero-order valence-corrected chi connectivity index (χ0v) is 19.0. The van der Waals surface area contributed by atoms with E-state index in [2.05, 4.69) is 36.9 Å². The Kier molecular flexibility index (Phi) is 10.5. The van der Waals surface area contributed by atoms with Crippen LogP contribution in [0.5, 0.6) is 0 Å². The first-order chi connectivity index (χ1) is 12.5. The quantitative estimate of drug-likeness (QED) is 0.309. The molecule has 5 atom stereocenters. The third-order valence-electron chi connectivity index (χ3n) is 3.97. The van der Waals surface area contributed by atoms with Gasteiger partial charge in [0.15, 0.2) is 0 Å². The summed E-state index contributed by atoms with van der Waals surface area (Å²) < 4.78 is 41.5. The second-order valence-corrected chi connectivity index (χ2v) is 10.1. The fourth-order valence-corrected chi connectivity index (χ4v) is 5.57. The second kappa shape index (κ2) is 11.3. The number of hydrogen-bond acceptors (Lipinski definition) is 7. The Labute approximate surface area is 165 Å². The average molecular weight is 423 g/mol. The van der Waals surface area contributed by atoms with Gasteiger partial charge in [-0.25, -0.2) is 0 Å². The van der Waals surface area contributed by atoms with E-state index in [4.69, 9.17) is 26.6 Å². The normalized spacial score (nSPS) is 28.1. The predicted octanol–water partition coefficient (Wildman–Crippen LogP) is 2.66. The van der Waals surface area contributed by atoms with Crippen molar-refractivity contribution in [1.29, 1.82) is 0 Å². The number of methoxy groups -OCH3 is 1. The van der Waals surface area contributed by atoms with Gasteiger partial charge >= 0.3 is 7.60 Å². The Morgan fingerprint density at radius 1 is 1.30 bits per heavy atom. The molecule has 1 saturated heterocycles. The van der Waals surface area contributed by atoms with Crippen LogP contribution in [-0.4, -0.2) is 81.8 Å². The lowest BCUT2D eigenvalue weighted by Gasteiger charge is -2.37. The molecule has 2 unspecified atom stereocenters. The molecule has 0 aliphatic carbocycles. The Morgan fingerprint density at radius 3 is 2.37 bits per heavy atom. The number of nitrogens with zero attached hydrogens (tertiary/aromatic N) is 1. The van der Waals surface area contributed by atoms with Gasteiger partial charge < -0.3 is 28.2 Å². The van der Waals surface area contributed by atoms with E-state index in [0.29, 0.717) is 13.2 Å². The number of hydrogen-bond donors (Lipinski definition) is 1. The summed E-state index contributed by atoms with van der Waals surface area (Å²) in [4.78, 5) is 9.82. The van der Waals surface area contributed by atoms with Gasteiger partial charge in [0.05, 0.1) is 25.0 Å². The van der Waals surface area contributed by atoms with Crippen molar-refractivity contribution in [2.24, 2.45) is 0 Å². The molecular weight excluding hydrogens is 391 g/mol. The largest absolute Gasteiger partial charge is 0.499 e. The van der Waals surface area contributed by atoms with Gasteiger partial charge in [-0.1, -0.05) is 0 Å². The third-order valence-corrected chi connectivity index (χ3v) is 7.18. The summed E-state index contributed by atoms with van der Waals surface area (Å²) in [6.07, 6.45) is -1.35. The van der Waals surface area contributed by atoms with Crippen molar-refractivity contribution < 1.29 is 32.7 Å². The van der Waals surface area contributed by atoms with E-state index in [1.807, 2.05) is 6.66 Å². The minimum atomic E-state index is -3.96. The highest BCUT2D eigenvalue weighted by Gasteiger charge is 2.44. The molecule has 1 heterocycles. The van der Waals surface area contributed by atoms with Crippen LogP contribution in [0.3, 0.4) is 0 Å². The summed E-state index contributed by atoms with van der Waals surface area (Å²) in [5.74, 6) is 1.19. The summed E-state index contributed by atoms with van der Waals surface area (Å²) in [5.41, 5.74) is 0. The van der Waals surface area contributed by atoms with Gasteiger partial charge in [-0.2, -0.15) is 0 Å². The summed E-state index contributed by atoms with van der Waals surface area (Å²) in [7, 11) is 3.78. The molecule has 156 valence electrons. The maximum atomic E-state index is 12.0. The number of rotatable bonds is 11. The smallest absolute Gasteiger partial charge is 0.354 e. The van der Waals surface area contributed by atoms with Gasteiger partial charge in [-0.15, -0.1) is 0 Å². The molecule has 2 radical (unpaired) electrons. The Morgan fingerprint density at radius 2 is 1.89 bits per heavy atom. The lowest BCUT2D eigenvalue weighted by Crippen LogP contribution is -2.38. The predicted molar refractivity (Wildman–Crippen MR) is 107 cm³/mol. The van der Waals surface area contributed by atoms with Crippen LogP contribution < -0.4 is 0 Å². The fraction of sp³-hybridized carbons (Fsp3) is 0.875. The van der Waals surface area contributed by atoms with Crippen molar-refractivity contribution in [3.05, 3.63) is 11.6 Å².